The lowest BCUT2D eigenvalue weighted by Crippen LogP contribution is -2.28. The summed E-state index contributed by atoms with van der Waals surface area (Å²) in [5.74, 6) is 3.74. The summed E-state index contributed by atoms with van der Waals surface area (Å²) in [6.07, 6.45) is 4.24. The van der Waals surface area contributed by atoms with Crippen LogP contribution in [0.3, 0.4) is 0 Å². The van der Waals surface area contributed by atoms with E-state index in [9.17, 15) is 0 Å². The van der Waals surface area contributed by atoms with Crippen molar-refractivity contribution >= 4 is 0 Å². The van der Waals surface area contributed by atoms with E-state index in [1.54, 1.807) is 0 Å². The lowest BCUT2D eigenvalue weighted by Gasteiger charge is -2.29. The van der Waals surface area contributed by atoms with Gasteiger partial charge in [0.1, 0.15) is 11.5 Å². The number of nitrogens with one attached hydrogen (secondary N) is 1. The Morgan fingerprint density at radius 1 is 1.32 bits per heavy atom. The highest BCUT2D eigenvalue weighted by atomic mass is 16.3. The van der Waals surface area contributed by atoms with E-state index >= 15 is 0 Å². The van der Waals surface area contributed by atoms with Crippen molar-refractivity contribution < 1.29 is 4.42 Å². The zero-order chi connectivity index (χ0) is 13.7. The minimum atomic E-state index is 0.683. The molecule has 1 N–H and O–H groups in total. The average Bonchev–Trinajstić information content (AvgIpc) is 2.71. The number of nitrogens with zero attached hydrogens (tertiary/aromatic N) is 1. The summed E-state index contributed by atoms with van der Waals surface area (Å²) in [7, 11) is 2.19. The maximum Gasteiger partial charge on any atom is 0.118 e. The van der Waals surface area contributed by atoms with E-state index < -0.39 is 0 Å². The minimum Gasteiger partial charge on any atom is -0.463 e. The number of hydrogen-bond donors (Lipinski definition) is 1. The van der Waals surface area contributed by atoms with Crippen LogP contribution in [-0.2, 0) is 13.1 Å². The summed E-state index contributed by atoms with van der Waals surface area (Å²) >= 11 is 0. The van der Waals surface area contributed by atoms with Gasteiger partial charge in [-0.05, 0) is 50.4 Å². The fourth-order valence-electron chi connectivity index (χ4n) is 2.53. The van der Waals surface area contributed by atoms with E-state index in [4.69, 9.17) is 4.42 Å². The molecular weight excluding hydrogens is 236 g/mol. The Bertz CT molecular complexity index is 369. The van der Waals surface area contributed by atoms with Crippen LogP contribution in [0.1, 0.15) is 44.6 Å². The van der Waals surface area contributed by atoms with Gasteiger partial charge in [0.2, 0.25) is 0 Å². The number of furan rings is 1. The van der Waals surface area contributed by atoms with Gasteiger partial charge < -0.3 is 9.73 Å². The Labute approximate surface area is 117 Å². The normalized spacial score (nSPS) is 16.3. The van der Waals surface area contributed by atoms with Crippen molar-refractivity contribution in [3.8, 4) is 0 Å². The summed E-state index contributed by atoms with van der Waals surface area (Å²) in [4.78, 5) is 2.38. The maximum atomic E-state index is 5.87. The molecule has 3 nitrogen and oxygen atoms in total. The van der Waals surface area contributed by atoms with E-state index in [2.05, 4.69) is 43.2 Å². The van der Waals surface area contributed by atoms with Crippen molar-refractivity contribution in [1.82, 2.24) is 10.2 Å². The van der Waals surface area contributed by atoms with Gasteiger partial charge in [0.25, 0.3) is 0 Å². The Kier molecular flexibility index (Phi) is 5.46. The Morgan fingerprint density at radius 2 is 2.05 bits per heavy atom. The van der Waals surface area contributed by atoms with Crippen molar-refractivity contribution in [2.75, 3.05) is 20.1 Å². The molecule has 108 valence electrons. The lowest BCUT2D eigenvalue weighted by molar-refractivity contribution is 0.190. The summed E-state index contributed by atoms with van der Waals surface area (Å²) < 4.78 is 5.87. The zero-order valence-electron chi connectivity index (χ0n) is 12.6. The van der Waals surface area contributed by atoms with Crippen molar-refractivity contribution in [3.05, 3.63) is 23.7 Å². The van der Waals surface area contributed by atoms with Crippen molar-refractivity contribution in [2.45, 2.75) is 46.2 Å². The molecular formula is C16H28N2O. The van der Waals surface area contributed by atoms with Crippen LogP contribution in [0.2, 0.25) is 0 Å². The second kappa shape index (κ2) is 7.11. The predicted octanol–water partition coefficient (Wildman–Crippen LogP) is 3.26. The third-order valence-corrected chi connectivity index (χ3v) is 3.79. The van der Waals surface area contributed by atoms with Crippen molar-refractivity contribution in [1.29, 1.82) is 0 Å². The van der Waals surface area contributed by atoms with E-state index in [0.29, 0.717) is 5.92 Å². The molecule has 1 heterocycles. The second-order valence-corrected chi connectivity index (χ2v) is 6.39. The van der Waals surface area contributed by atoms with Crippen LogP contribution in [0.15, 0.2) is 16.5 Å². The van der Waals surface area contributed by atoms with Crippen molar-refractivity contribution in [2.24, 2.45) is 11.8 Å². The molecule has 1 saturated carbocycles. The van der Waals surface area contributed by atoms with E-state index in [1.807, 2.05) is 0 Å². The molecule has 0 saturated heterocycles. The fourth-order valence-corrected chi connectivity index (χ4v) is 2.53. The highest BCUT2D eigenvalue weighted by molar-refractivity contribution is 5.07. The maximum absolute atomic E-state index is 5.87. The molecule has 0 radical (unpaired) electrons. The molecule has 19 heavy (non-hydrogen) atoms. The first-order valence-electron chi connectivity index (χ1n) is 7.60. The predicted molar refractivity (Wildman–Crippen MR) is 78.9 cm³/mol. The molecule has 1 aliphatic carbocycles. The van der Waals surface area contributed by atoms with Crippen LogP contribution in [-0.4, -0.2) is 25.0 Å². The number of rotatable bonds is 8. The highest BCUT2D eigenvalue weighted by Crippen LogP contribution is 2.27. The smallest absolute Gasteiger partial charge is 0.118 e. The van der Waals surface area contributed by atoms with E-state index in [0.717, 1.165) is 37.1 Å². The molecule has 0 aromatic carbocycles. The van der Waals surface area contributed by atoms with Crippen LogP contribution in [0, 0.1) is 11.8 Å². The lowest BCUT2D eigenvalue weighted by atomic mass is 9.85. The van der Waals surface area contributed by atoms with Crippen LogP contribution in [0.4, 0.5) is 0 Å². The van der Waals surface area contributed by atoms with Gasteiger partial charge in [0, 0.05) is 6.54 Å². The molecule has 0 bridgehead atoms. The standard InChI is InChI=1S/C16H28N2O/c1-13(2)9-17-10-15-7-8-16(19-15)12-18(3)11-14-5-4-6-14/h7-8,13-14,17H,4-6,9-12H2,1-3H3. The molecule has 1 aromatic rings. The molecule has 0 aliphatic heterocycles. The van der Waals surface area contributed by atoms with Gasteiger partial charge in [-0.1, -0.05) is 20.3 Å². The molecule has 0 atom stereocenters. The van der Waals surface area contributed by atoms with Crippen LogP contribution in [0.5, 0.6) is 0 Å². The third-order valence-electron chi connectivity index (χ3n) is 3.79. The first-order chi connectivity index (χ1) is 9.13. The molecule has 0 unspecified atom stereocenters. The largest absolute Gasteiger partial charge is 0.463 e. The summed E-state index contributed by atoms with van der Waals surface area (Å²) in [6, 6.07) is 4.21. The molecule has 1 fully saturated rings. The topological polar surface area (TPSA) is 28.4 Å². The zero-order valence-corrected chi connectivity index (χ0v) is 12.6. The van der Waals surface area contributed by atoms with E-state index in [1.165, 1.54) is 25.8 Å². The quantitative estimate of drug-likeness (QED) is 0.781. The second-order valence-electron chi connectivity index (χ2n) is 6.39. The highest BCUT2D eigenvalue weighted by Gasteiger charge is 2.19. The SMILES string of the molecule is CC(C)CNCc1ccc(CN(C)CC2CCC2)o1. The Hall–Kier alpha value is -0.800. The van der Waals surface area contributed by atoms with Gasteiger partial charge in [0.05, 0.1) is 13.1 Å². The molecule has 1 aromatic heterocycles. The summed E-state index contributed by atoms with van der Waals surface area (Å²) in [6.45, 7) is 8.45. The van der Waals surface area contributed by atoms with Gasteiger partial charge in [-0.2, -0.15) is 0 Å². The summed E-state index contributed by atoms with van der Waals surface area (Å²) in [5.41, 5.74) is 0. The fraction of sp³-hybridized carbons (Fsp3) is 0.750. The van der Waals surface area contributed by atoms with Crippen molar-refractivity contribution in [3.63, 3.8) is 0 Å². The minimum absolute atomic E-state index is 0.683. The molecule has 2 rings (SSSR count). The van der Waals surface area contributed by atoms with Crippen LogP contribution >= 0.6 is 0 Å². The van der Waals surface area contributed by atoms with Gasteiger partial charge in [-0.3, -0.25) is 4.90 Å². The van der Waals surface area contributed by atoms with Crippen LogP contribution in [0.25, 0.3) is 0 Å². The monoisotopic (exact) mass is 264 g/mol. The molecule has 3 heteroatoms. The van der Waals surface area contributed by atoms with Crippen LogP contribution < -0.4 is 5.32 Å². The summed E-state index contributed by atoms with van der Waals surface area (Å²) in [5, 5.41) is 3.41. The molecule has 1 aliphatic rings. The third kappa shape index (κ3) is 5.00. The Balaban J connectivity index is 1.70. The van der Waals surface area contributed by atoms with E-state index in [-0.39, 0.29) is 0 Å². The first-order valence-corrected chi connectivity index (χ1v) is 7.60. The average molecular weight is 264 g/mol. The van der Waals surface area contributed by atoms with Gasteiger partial charge in [0.15, 0.2) is 0 Å². The van der Waals surface area contributed by atoms with Gasteiger partial charge >= 0.3 is 0 Å². The first kappa shape index (κ1) is 14.6. The molecule has 0 spiro atoms. The van der Waals surface area contributed by atoms with Gasteiger partial charge in [-0.25, -0.2) is 0 Å². The van der Waals surface area contributed by atoms with Gasteiger partial charge in [-0.15, -0.1) is 0 Å². The molecule has 0 amide bonds. The number of hydrogen-bond acceptors (Lipinski definition) is 3. The Morgan fingerprint density at radius 3 is 2.68 bits per heavy atom.